The molecule has 18 heavy (non-hydrogen) atoms. The average Bonchev–Trinajstić information content (AvgIpc) is 2.70. The molecule has 94 valence electrons. The summed E-state index contributed by atoms with van der Waals surface area (Å²) in [7, 11) is 1.63. The second-order valence-electron chi connectivity index (χ2n) is 3.80. The molecular weight excluding hydrogens is 236 g/mol. The van der Waals surface area contributed by atoms with Crippen LogP contribution in [0.15, 0.2) is 18.6 Å². The van der Waals surface area contributed by atoms with E-state index in [-0.39, 0.29) is 11.5 Å². The number of hydrogen-bond acceptors (Lipinski definition) is 6. The Kier molecular flexibility index (Phi) is 3.18. The molecule has 2 heterocycles. The van der Waals surface area contributed by atoms with Crippen LogP contribution in [0.5, 0.6) is 0 Å². The molecular formula is C10H12N6O2. The Labute approximate surface area is 103 Å². The average molecular weight is 248 g/mol. The van der Waals surface area contributed by atoms with E-state index < -0.39 is 4.92 Å². The van der Waals surface area contributed by atoms with Crippen LogP contribution in [0.3, 0.4) is 0 Å². The second kappa shape index (κ2) is 4.78. The van der Waals surface area contributed by atoms with E-state index in [4.69, 9.17) is 0 Å². The maximum atomic E-state index is 10.8. The number of rotatable bonds is 4. The lowest BCUT2D eigenvalue weighted by atomic mass is 10.4. The molecule has 0 unspecified atom stereocenters. The van der Waals surface area contributed by atoms with Crippen molar-refractivity contribution >= 4 is 11.5 Å². The van der Waals surface area contributed by atoms with Crippen molar-refractivity contribution in [1.29, 1.82) is 0 Å². The van der Waals surface area contributed by atoms with Crippen molar-refractivity contribution in [2.75, 3.05) is 5.32 Å². The van der Waals surface area contributed by atoms with Gasteiger partial charge in [-0.15, -0.1) is 5.10 Å². The number of aromatic nitrogens is 4. The summed E-state index contributed by atoms with van der Waals surface area (Å²) in [6, 6.07) is 0. The monoisotopic (exact) mass is 248 g/mol. The quantitative estimate of drug-likeness (QED) is 0.641. The fourth-order valence-corrected chi connectivity index (χ4v) is 1.42. The standard InChI is InChI=1S/C10H12N6O2/c1-7-3-12-8(4-11-7)5-13-10-9(16(17)18)6-15(2)14-10/h3-4,6H,5H2,1-2H3,(H,13,14). The first-order valence-electron chi connectivity index (χ1n) is 5.25. The van der Waals surface area contributed by atoms with Crippen LogP contribution in [-0.4, -0.2) is 24.7 Å². The van der Waals surface area contributed by atoms with Gasteiger partial charge in [-0.1, -0.05) is 0 Å². The summed E-state index contributed by atoms with van der Waals surface area (Å²) in [5.74, 6) is 0.227. The highest BCUT2D eigenvalue weighted by Crippen LogP contribution is 2.21. The molecule has 0 saturated heterocycles. The normalized spacial score (nSPS) is 10.3. The van der Waals surface area contributed by atoms with E-state index in [0.717, 1.165) is 5.69 Å². The summed E-state index contributed by atoms with van der Waals surface area (Å²) in [5, 5.41) is 17.6. The highest BCUT2D eigenvalue weighted by molar-refractivity contribution is 5.54. The van der Waals surface area contributed by atoms with Gasteiger partial charge in [-0.25, -0.2) is 0 Å². The molecule has 0 aromatic carbocycles. The maximum absolute atomic E-state index is 10.8. The second-order valence-corrected chi connectivity index (χ2v) is 3.80. The highest BCUT2D eigenvalue weighted by atomic mass is 16.6. The first-order chi connectivity index (χ1) is 8.56. The van der Waals surface area contributed by atoms with Gasteiger partial charge < -0.3 is 5.32 Å². The lowest BCUT2D eigenvalue weighted by molar-refractivity contribution is -0.384. The molecule has 0 bridgehead atoms. The summed E-state index contributed by atoms with van der Waals surface area (Å²) in [4.78, 5) is 18.5. The van der Waals surface area contributed by atoms with Gasteiger partial charge in [0, 0.05) is 13.2 Å². The smallest absolute Gasteiger partial charge is 0.330 e. The molecule has 0 spiro atoms. The zero-order valence-electron chi connectivity index (χ0n) is 9.99. The van der Waals surface area contributed by atoms with E-state index in [1.165, 1.54) is 10.9 Å². The van der Waals surface area contributed by atoms with Crippen LogP contribution in [0.25, 0.3) is 0 Å². The van der Waals surface area contributed by atoms with Crippen molar-refractivity contribution in [2.45, 2.75) is 13.5 Å². The van der Waals surface area contributed by atoms with Gasteiger partial charge in [0.25, 0.3) is 0 Å². The van der Waals surface area contributed by atoms with Gasteiger partial charge in [-0.05, 0) is 6.92 Å². The maximum Gasteiger partial charge on any atom is 0.330 e. The number of hydrogen-bond donors (Lipinski definition) is 1. The SMILES string of the molecule is Cc1cnc(CNc2nn(C)cc2[N+](=O)[O-])cn1. The number of nitrogens with zero attached hydrogens (tertiary/aromatic N) is 5. The van der Waals surface area contributed by atoms with Gasteiger partial charge in [0.1, 0.15) is 6.20 Å². The third-order valence-electron chi connectivity index (χ3n) is 2.28. The molecule has 0 aliphatic carbocycles. The number of anilines is 1. The van der Waals surface area contributed by atoms with E-state index in [1.54, 1.807) is 19.4 Å². The molecule has 0 saturated carbocycles. The van der Waals surface area contributed by atoms with Crippen LogP contribution in [0.2, 0.25) is 0 Å². The van der Waals surface area contributed by atoms with Crippen molar-refractivity contribution < 1.29 is 4.92 Å². The topological polar surface area (TPSA) is 98.8 Å². The van der Waals surface area contributed by atoms with E-state index in [1.807, 2.05) is 6.92 Å². The predicted octanol–water partition coefficient (Wildman–Crippen LogP) is 1.04. The first kappa shape index (κ1) is 12.0. The summed E-state index contributed by atoms with van der Waals surface area (Å²) >= 11 is 0. The Morgan fingerprint density at radius 1 is 1.44 bits per heavy atom. The van der Waals surface area contributed by atoms with Gasteiger partial charge in [-0.2, -0.15) is 0 Å². The van der Waals surface area contributed by atoms with Gasteiger partial charge in [0.15, 0.2) is 0 Å². The molecule has 0 aliphatic rings. The molecule has 0 fully saturated rings. The third kappa shape index (κ3) is 2.59. The number of nitro groups is 1. The Hall–Kier alpha value is -2.51. The largest absolute Gasteiger partial charge is 0.357 e. The molecule has 8 nitrogen and oxygen atoms in total. The molecule has 2 rings (SSSR count). The summed E-state index contributed by atoms with van der Waals surface area (Å²) < 4.78 is 1.39. The highest BCUT2D eigenvalue weighted by Gasteiger charge is 2.17. The minimum absolute atomic E-state index is 0.0578. The van der Waals surface area contributed by atoms with Crippen molar-refractivity contribution in [3.05, 3.63) is 40.1 Å². The summed E-state index contributed by atoms with van der Waals surface area (Å²) in [6.07, 6.45) is 4.62. The van der Waals surface area contributed by atoms with Crippen LogP contribution >= 0.6 is 0 Å². The van der Waals surface area contributed by atoms with Crippen molar-refractivity contribution in [2.24, 2.45) is 7.05 Å². The van der Waals surface area contributed by atoms with Crippen molar-refractivity contribution in [3.63, 3.8) is 0 Å². The molecule has 8 heteroatoms. The van der Waals surface area contributed by atoms with Crippen LogP contribution in [0.4, 0.5) is 11.5 Å². The Balaban J connectivity index is 2.10. The van der Waals surface area contributed by atoms with E-state index >= 15 is 0 Å². The first-order valence-corrected chi connectivity index (χ1v) is 5.25. The predicted molar refractivity (Wildman–Crippen MR) is 64.0 cm³/mol. The van der Waals surface area contributed by atoms with E-state index in [2.05, 4.69) is 20.4 Å². The number of nitrogens with one attached hydrogen (secondary N) is 1. The molecule has 0 radical (unpaired) electrons. The molecule has 1 N–H and O–H groups in total. The van der Waals surface area contributed by atoms with Crippen LogP contribution in [-0.2, 0) is 13.6 Å². The zero-order chi connectivity index (χ0) is 13.1. The Bertz CT molecular complexity index is 562. The Morgan fingerprint density at radius 3 is 2.83 bits per heavy atom. The fraction of sp³-hybridized carbons (Fsp3) is 0.300. The number of aryl methyl sites for hydroxylation is 2. The van der Waals surface area contributed by atoms with Gasteiger partial charge in [-0.3, -0.25) is 24.8 Å². The van der Waals surface area contributed by atoms with E-state index in [0.29, 0.717) is 12.2 Å². The lowest BCUT2D eigenvalue weighted by Crippen LogP contribution is -2.05. The van der Waals surface area contributed by atoms with E-state index in [9.17, 15) is 10.1 Å². The van der Waals surface area contributed by atoms with Crippen LogP contribution in [0, 0.1) is 17.0 Å². The molecule has 0 amide bonds. The van der Waals surface area contributed by atoms with Crippen LogP contribution < -0.4 is 5.32 Å². The minimum Gasteiger partial charge on any atom is -0.357 e. The van der Waals surface area contributed by atoms with Crippen molar-refractivity contribution in [3.8, 4) is 0 Å². The van der Waals surface area contributed by atoms with Gasteiger partial charge in [0.2, 0.25) is 5.82 Å². The minimum atomic E-state index is -0.476. The molecule has 0 atom stereocenters. The van der Waals surface area contributed by atoms with Crippen molar-refractivity contribution in [1.82, 2.24) is 19.7 Å². The van der Waals surface area contributed by atoms with Crippen LogP contribution in [0.1, 0.15) is 11.4 Å². The fourth-order valence-electron chi connectivity index (χ4n) is 1.42. The van der Waals surface area contributed by atoms with Gasteiger partial charge in [0.05, 0.1) is 29.1 Å². The molecule has 0 aliphatic heterocycles. The molecule has 2 aromatic heterocycles. The zero-order valence-corrected chi connectivity index (χ0v) is 9.99. The third-order valence-corrected chi connectivity index (χ3v) is 2.28. The lowest BCUT2D eigenvalue weighted by Gasteiger charge is -2.02. The summed E-state index contributed by atoms with van der Waals surface area (Å²) in [5.41, 5.74) is 1.46. The summed E-state index contributed by atoms with van der Waals surface area (Å²) in [6.45, 7) is 2.18. The Morgan fingerprint density at radius 2 is 2.22 bits per heavy atom. The molecule has 2 aromatic rings. The van der Waals surface area contributed by atoms with Gasteiger partial charge >= 0.3 is 5.69 Å².